The third kappa shape index (κ3) is 3.64. The SMILES string of the molecule is CCN(CNC(C)=O)[C@H]1C[C@H](C)S(=O)(=O)c2sc(S(N)(=O)=O)cc21. The molecule has 0 saturated carbocycles. The maximum atomic E-state index is 12.6. The Bertz CT molecular complexity index is 844. The van der Waals surface area contributed by atoms with E-state index >= 15 is 0 Å². The zero-order valence-corrected chi connectivity index (χ0v) is 16.1. The summed E-state index contributed by atoms with van der Waals surface area (Å²) in [5, 5.41) is 7.21. The third-order valence-corrected chi connectivity index (χ3v) is 9.38. The van der Waals surface area contributed by atoms with Gasteiger partial charge in [0.2, 0.25) is 15.9 Å². The second-order valence-corrected chi connectivity index (χ2v) is 11.2. The number of rotatable bonds is 5. The van der Waals surface area contributed by atoms with Crippen LogP contribution in [0.2, 0.25) is 0 Å². The van der Waals surface area contributed by atoms with Crippen LogP contribution in [0, 0.1) is 0 Å². The van der Waals surface area contributed by atoms with Crippen LogP contribution in [0.15, 0.2) is 14.5 Å². The van der Waals surface area contributed by atoms with Gasteiger partial charge < -0.3 is 5.32 Å². The Morgan fingerprint density at radius 2 is 2.12 bits per heavy atom. The smallest absolute Gasteiger partial charge is 0.247 e. The topological polar surface area (TPSA) is 127 Å². The average molecular weight is 396 g/mol. The zero-order chi connectivity index (χ0) is 18.3. The molecule has 1 aromatic rings. The summed E-state index contributed by atoms with van der Waals surface area (Å²) in [6.07, 6.45) is 0.323. The molecule has 1 amide bonds. The van der Waals surface area contributed by atoms with Crippen LogP contribution in [0.1, 0.15) is 38.8 Å². The van der Waals surface area contributed by atoms with Gasteiger partial charge >= 0.3 is 0 Å². The molecular formula is C13H21N3O5S3. The number of hydrogen-bond acceptors (Lipinski definition) is 7. The number of thiophene rings is 1. The van der Waals surface area contributed by atoms with E-state index in [2.05, 4.69) is 5.32 Å². The van der Waals surface area contributed by atoms with Crippen molar-refractivity contribution < 1.29 is 21.6 Å². The lowest BCUT2D eigenvalue weighted by Gasteiger charge is -2.35. The number of amides is 1. The molecule has 3 N–H and O–H groups in total. The Morgan fingerprint density at radius 3 is 2.62 bits per heavy atom. The number of sulfone groups is 1. The molecule has 0 bridgehead atoms. The van der Waals surface area contributed by atoms with Gasteiger partial charge in [-0.1, -0.05) is 6.92 Å². The number of hydrogen-bond donors (Lipinski definition) is 2. The monoisotopic (exact) mass is 395 g/mol. The minimum absolute atomic E-state index is 0.0524. The van der Waals surface area contributed by atoms with Gasteiger partial charge in [-0.15, -0.1) is 11.3 Å². The van der Waals surface area contributed by atoms with E-state index in [4.69, 9.17) is 5.14 Å². The largest absolute Gasteiger partial charge is 0.344 e. The van der Waals surface area contributed by atoms with Gasteiger partial charge in [0, 0.05) is 18.5 Å². The van der Waals surface area contributed by atoms with Crippen molar-refractivity contribution in [2.75, 3.05) is 13.2 Å². The highest BCUT2D eigenvalue weighted by Gasteiger charge is 2.41. The van der Waals surface area contributed by atoms with E-state index in [0.29, 0.717) is 29.9 Å². The van der Waals surface area contributed by atoms with E-state index in [-0.39, 0.29) is 27.0 Å². The van der Waals surface area contributed by atoms with Crippen LogP contribution in [0.4, 0.5) is 0 Å². The summed E-state index contributed by atoms with van der Waals surface area (Å²) in [6.45, 7) is 5.72. The van der Waals surface area contributed by atoms with Crippen molar-refractivity contribution >= 4 is 37.1 Å². The van der Waals surface area contributed by atoms with Crippen molar-refractivity contribution in [3.63, 3.8) is 0 Å². The van der Waals surface area contributed by atoms with Gasteiger partial charge in [-0.25, -0.2) is 22.0 Å². The Labute approximate surface area is 146 Å². The first-order valence-corrected chi connectivity index (χ1v) is 11.3. The molecule has 1 aromatic heterocycles. The lowest BCUT2D eigenvalue weighted by atomic mass is 10.0. The molecule has 8 nitrogen and oxygen atoms in total. The normalized spacial score (nSPS) is 23.0. The Morgan fingerprint density at radius 1 is 1.50 bits per heavy atom. The number of fused-ring (bicyclic) bond motifs is 1. The van der Waals surface area contributed by atoms with Gasteiger partial charge in [0.25, 0.3) is 0 Å². The number of carbonyl (C=O) groups excluding carboxylic acids is 1. The van der Waals surface area contributed by atoms with Gasteiger partial charge in [0.15, 0.2) is 9.84 Å². The number of sulfonamides is 1. The number of nitrogens with one attached hydrogen (secondary N) is 1. The Kier molecular flexibility index (Phi) is 5.40. The first-order valence-electron chi connectivity index (χ1n) is 7.37. The molecule has 0 radical (unpaired) electrons. The van der Waals surface area contributed by atoms with E-state index in [1.165, 1.54) is 13.0 Å². The van der Waals surface area contributed by atoms with Crippen molar-refractivity contribution in [2.45, 2.75) is 46.9 Å². The molecule has 136 valence electrons. The second kappa shape index (κ2) is 6.71. The number of nitrogens with zero attached hydrogens (tertiary/aromatic N) is 1. The van der Waals surface area contributed by atoms with E-state index in [9.17, 15) is 21.6 Å². The zero-order valence-electron chi connectivity index (χ0n) is 13.6. The van der Waals surface area contributed by atoms with Gasteiger partial charge in [0.05, 0.1) is 11.9 Å². The fourth-order valence-corrected chi connectivity index (χ4v) is 7.11. The molecule has 0 aliphatic carbocycles. The predicted molar refractivity (Wildman–Crippen MR) is 90.8 cm³/mol. The van der Waals surface area contributed by atoms with Crippen LogP contribution < -0.4 is 10.5 Å². The quantitative estimate of drug-likeness (QED) is 0.696. The first-order chi connectivity index (χ1) is 11.0. The third-order valence-electron chi connectivity index (χ3n) is 4.06. The predicted octanol–water partition coefficient (Wildman–Crippen LogP) is 0.418. The number of carbonyl (C=O) groups is 1. The Balaban J connectivity index is 2.53. The molecule has 0 aromatic carbocycles. The molecule has 24 heavy (non-hydrogen) atoms. The summed E-state index contributed by atoms with van der Waals surface area (Å²) >= 11 is 0.694. The lowest BCUT2D eigenvalue weighted by molar-refractivity contribution is -0.119. The highest BCUT2D eigenvalue weighted by molar-refractivity contribution is 7.95. The summed E-state index contributed by atoms with van der Waals surface area (Å²) in [5.41, 5.74) is 0.439. The van der Waals surface area contributed by atoms with Gasteiger partial charge in [-0.2, -0.15) is 0 Å². The van der Waals surface area contributed by atoms with E-state index in [1.54, 1.807) is 6.92 Å². The lowest BCUT2D eigenvalue weighted by Crippen LogP contribution is -2.42. The molecule has 2 heterocycles. The van der Waals surface area contributed by atoms with Crippen molar-refractivity contribution in [1.82, 2.24) is 10.2 Å². The van der Waals surface area contributed by atoms with Gasteiger partial charge in [-0.3, -0.25) is 9.69 Å². The molecule has 2 atom stereocenters. The number of nitrogens with two attached hydrogens (primary N) is 1. The fourth-order valence-electron chi connectivity index (χ4n) is 2.71. The summed E-state index contributed by atoms with van der Waals surface area (Å²) < 4.78 is 48.3. The fraction of sp³-hybridized carbons (Fsp3) is 0.615. The minimum Gasteiger partial charge on any atom is -0.344 e. The first kappa shape index (κ1) is 19.3. The second-order valence-electron chi connectivity index (χ2n) is 5.76. The molecule has 0 fully saturated rings. The standard InChI is InChI=1S/C13H21N3O5S3/c1-4-16(7-15-9(3)17)11-5-8(2)23(18,19)13-10(11)6-12(22-13)24(14,20)21/h6,8,11H,4-5,7H2,1-3H3,(H,15,17)(H2,14,20,21)/t8-,11-/m0/s1. The molecule has 11 heteroatoms. The molecule has 0 unspecified atom stereocenters. The van der Waals surface area contributed by atoms with Crippen molar-refractivity contribution in [3.8, 4) is 0 Å². The minimum atomic E-state index is -3.98. The van der Waals surface area contributed by atoms with Crippen LogP contribution in [0.25, 0.3) is 0 Å². The van der Waals surface area contributed by atoms with Crippen molar-refractivity contribution in [1.29, 1.82) is 0 Å². The van der Waals surface area contributed by atoms with Crippen LogP contribution in [0.3, 0.4) is 0 Å². The summed E-state index contributed by atoms with van der Waals surface area (Å²) in [7, 11) is -7.56. The Hall–Kier alpha value is -1.01. The maximum absolute atomic E-state index is 12.6. The van der Waals surface area contributed by atoms with Crippen molar-refractivity contribution in [3.05, 3.63) is 11.6 Å². The average Bonchev–Trinajstić information content (AvgIpc) is 2.91. The summed E-state index contributed by atoms with van der Waals surface area (Å²) in [5.74, 6) is -0.194. The molecule has 1 aliphatic rings. The summed E-state index contributed by atoms with van der Waals surface area (Å²) in [6, 6.07) is 1.04. The van der Waals surface area contributed by atoms with Crippen LogP contribution in [-0.4, -0.2) is 46.1 Å². The molecule has 1 aliphatic heterocycles. The number of primary sulfonamides is 1. The van der Waals surface area contributed by atoms with E-state index in [1.807, 2.05) is 11.8 Å². The van der Waals surface area contributed by atoms with Gasteiger partial charge in [0.1, 0.15) is 8.42 Å². The molecule has 2 rings (SSSR count). The maximum Gasteiger partial charge on any atom is 0.247 e. The van der Waals surface area contributed by atoms with E-state index < -0.39 is 25.1 Å². The molecule has 0 saturated heterocycles. The van der Waals surface area contributed by atoms with E-state index in [0.717, 1.165) is 0 Å². The summed E-state index contributed by atoms with van der Waals surface area (Å²) in [4.78, 5) is 13.1. The van der Waals surface area contributed by atoms with Crippen LogP contribution in [-0.2, 0) is 24.7 Å². The van der Waals surface area contributed by atoms with Crippen LogP contribution in [0.5, 0.6) is 0 Å². The van der Waals surface area contributed by atoms with Gasteiger partial charge in [-0.05, 0) is 26.0 Å². The molecular weight excluding hydrogens is 374 g/mol. The van der Waals surface area contributed by atoms with Crippen LogP contribution >= 0.6 is 11.3 Å². The van der Waals surface area contributed by atoms with Crippen molar-refractivity contribution in [2.24, 2.45) is 5.14 Å². The highest BCUT2D eigenvalue weighted by atomic mass is 32.3. The highest BCUT2D eigenvalue weighted by Crippen LogP contribution is 2.44. The molecule has 0 spiro atoms.